The molecule has 3 heterocycles. The molecule has 26 heavy (non-hydrogen) atoms. The molecule has 2 aromatic rings. The summed E-state index contributed by atoms with van der Waals surface area (Å²) in [6.07, 6.45) is 1.00. The van der Waals surface area contributed by atoms with E-state index in [1.54, 1.807) is 6.07 Å². The topological polar surface area (TPSA) is 98.0 Å². The number of hydrogen-bond donors (Lipinski definition) is 2. The van der Waals surface area contributed by atoms with Crippen LogP contribution in [0.15, 0.2) is 21.7 Å². The van der Waals surface area contributed by atoms with Crippen LogP contribution >= 0.6 is 24.8 Å². The van der Waals surface area contributed by atoms with Crippen molar-refractivity contribution in [2.45, 2.75) is 19.4 Å². The Morgan fingerprint density at radius 2 is 1.92 bits per heavy atom. The summed E-state index contributed by atoms with van der Waals surface area (Å²) in [5.41, 5.74) is -0.477. The second-order valence-electron chi connectivity index (χ2n) is 6.32. The SMILES string of the molecule is CC1CCNCC1NC(=O)c1ccc2c(=O)n(C)c(=O)n(C)c2n1.Cl.Cl. The minimum absolute atomic E-state index is 0. The predicted octanol–water partition coefficient (Wildman–Crippen LogP) is 0.204. The number of fused-ring (bicyclic) bond motifs is 1. The molecular formula is C16H23Cl2N5O3. The molecular weight excluding hydrogens is 381 g/mol. The number of hydrogen-bond acceptors (Lipinski definition) is 5. The van der Waals surface area contributed by atoms with Gasteiger partial charge in [0.25, 0.3) is 11.5 Å². The molecule has 2 N–H and O–H groups in total. The summed E-state index contributed by atoms with van der Waals surface area (Å²) in [5, 5.41) is 6.54. The van der Waals surface area contributed by atoms with Gasteiger partial charge in [-0.15, -0.1) is 24.8 Å². The van der Waals surface area contributed by atoms with Crippen LogP contribution in [0.25, 0.3) is 11.0 Å². The Kier molecular flexibility index (Phi) is 7.37. The average Bonchev–Trinajstić information content (AvgIpc) is 2.59. The molecule has 1 saturated heterocycles. The Morgan fingerprint density at radius 3 is 2.58 bits per heavy atom. The number of amides is 1. The normalized spacial score (nSPS) is 19.3. The predicted molar refractivity (Wildman–Crippen MR) is 105 cm³/mol. The quantitative estimate of drug-likeness (QED) is 0.746. The molecule has 1 aliphatic rings. The van der Waals surface area contributed by atoms with Gasteiger partial charge < -0.3 is 10.6 Å². The maximum atomic E-state index is 12.5. The van der Waals surface area contributed by atoms with Gasteiger partial charge in [0.15, 0.2) is 0 Å². The molecule has 0 bridgehead atoms. The Balaban J connectivity index is 0.00000169. The lowest BCUT2D eigenvalue weighted by Crippen LogP contribution is -2.50. The number of rotatable bonds is 2. The molecule has 1 amide bonds. The minimum Gasteiger partial charge on any atom is -0.346 e. The Labute approximate surface area is 162 Å². The van der Waals surface area contributed by atoms with Crippen LogP contribution in [0.3, 0.4) is 0 Å². The van der Waals surface area contributed by atoms with Crippen LogP contribution in [0, 0.1) is 5.92 Å². The van der Waals surface area contributed by atoms with Gasteiger partial charge in [-0.05, 0) is 31.0 Å². The van der Waals surface area contributed by atoms with Gasteiger partial charge in [0.1, 0.15) is 11.3 Å². The van der Waals surface area contributed by atoms with E-state index >= 15 is 0 Å². The third kappa shape index (κ3) is 3.92. The van der Waals surface area contributed by atoms with Gasteiger partial charge in [-0.25, -0.2) is 9.78 Å². The first-order valence-corrected chi connectivity index (χ1v) is 7.98. The third-order valence-electron chi connectivity index (χ3n) is 4.68. The lowest BCUT2D eigenvalue weighted by atomic mass is 9.95. The molecule has 0 spiro atoms. The van der Waals surface area contributed by atoms with Gasteiger partial charge >= 0.3 is 5.69 Å². The second-order valence-corrected chi connectivity index (χ2v) is 6.32. The zero-order chi connectivity index (χ0) is 17.4. The molecule has 2 aromatic heterocycles. The molecule has 10 heteroatoms. The van der Waals surface area contributed by atoms with Crippen LogP contribution in [-0.2, 0) is 14.1 Å². The van der Waals surface area contributed by atoms with E-state index < -0.39 is 11.2 Å². The number of pyridine rings is 1. The highest BCUT2D eigenvalue weighted by atomic mass is 35.5. The van der Waals surface area contributed by atoms with Crippen LogP contribution in [0.4, 0.5) is 0 Å². The maximum absolute atomic E-state index is 12.5. The highest BCUT2D eigenvalue weighted by molar-refractivity contribution is 5.94. The number of nitrogens with one attached hydrogen (secondary N) is 2. The Bertz CT molecular complexity index is 924. The molecule has 0 radical (unpaired) electrons. The minimum atomic E-state index is -0.470. The molecule has 2 atom stereocenters. The van der Waals surface area contributed by atoms with E-state index in [9.17, 15) is 14.4 Å². The summed E-state index contributed by atoms with van der Waals surface area (Å²) in [6, 6.07) is 3.10. The molecule has 0 aliphatic carbocycles. The molecule has 0 aromatic carbocycles. The van der Waals surface area contributed by atoms with Crippen LogP contribution < -0.4 is 21.9 Å². The Hall–Kier alpha value is -1.90. The van der Waals surface area contributed by atoms with Gasteiger partial charge in [0, 0.05) is 26.7 Å². The molecule has 144 valence electrons. The van der Waals surface area contributed by atoms with E-state index in [4.69, 9.17) is 0 Å². The van der Waals surface area contributed by atoms with Crippen molar-refractivity contribution in [1.29, 1.82) is 0 Å². The number of nitrogens with zero attached hydrogens (tertiary/aromatic N) is 3. The van der Waals surface area contributed by atoms with Crippen LogP contribution in [0.2, 0.25) is 0 Å². The van der Waals surface area contributed by atoms with Crippen molar-refractivity contribution in [3.63, 3.8) is 0 Å². The fourth-order valence-electron chi connectivity index (χ4n) is 3.01. The van der Waals surface area contributed by atoms with Crippen molar-refractivity contribution in [3.8, 4) is 0 Å². The van der Waals surface area contributed by atoms with E-state index in [0.29, 0.717) is 11.3 Å². The smallest absolute Gasteiger partial charge is 0.332 e. The van der Waals surface area contributed by atoms with Crippen molar-refractivity contribution in [2.75, 3.05) is 13.1 Å². The number of carbonyl (C=O) groups is 1. The van der Waals surface area contributed by atoms with Gasteiger partial charge in [0.05, 0.1) is 5.39 Å². The van der Waals surface area contributed by atoms with Crippen molar-refractivity contribution < 1.29 is 4.79 Å². The van der Waals surface area contributed by atoms with E-state index in [1.807, 2.05) is 0 Å². The van der Waals surface area contributed by atoms with E-state index in [1.165, 1.54) is 24.7 Å². The van der Waals surface area contributed by atoms with Crippen molar-refractivity contribution in [2.24, 2.45) is 20.0 Å². The van der Waals surface area contributed by atoms with Crippen molar-refractivity contribution in [1.82, 2.24) is 24.8 Å². The van der Waals surface area contributed by atoms with Crippen molar-refractivity contribution >= 4 is 41.8 Å². The molecule has 1 aliphatic heterocycles. The zero-order valence-corrected chi connectivity index (χ0v) is 16.4. The number of aromatic nitrogens is 3. The standard InChI is InChI=1S/C16H21N5O3.2ClH/c1-9-6-7-17-8-12(9)19-14(22)11-5-4-10-13(18-11)20(2)16(24)21(3)15(10)23;;/h4-5,9,12,17H,6-8H2,1-3H3,(H,19,22);2*1H. The van der Waals surface area contributed by atoms with E-state index in [-0.39, 0.29) is 48.1 Å². The zero-order valence-electron chi connectivity index (χ0n) is 14.8. The molecule has 1 fully saturated rings. The van der Waals surface area contributed by atoms with Gasteiger partial charge in [-0.2, -0.15) is 0 Å². The van der Waals surface area contributed by atoms with Crippen LogP contribution in [-0.4, -0.2) is 39.2 Å². The first-order chi connectivity index (χ1) is 11.4. The van der Waals surface area contributed by atoms with E-state index in [2.05, 4.69) is 22.5 Å². The number of carbonyl (C=O) groups excluding carboxylic acids is 1. The maximum Gasteiger partial charge on any atom is 0.332 e. The summed E-state index contributed by atoms with van der Waals surface area (Å²) in [5.74, 6) is 0.0814. The first-order valence-electron chi connectivity index (χ1n) is 7.98. The highest BCUT2D eigenvalue weighted by Gasteiger charge is 2.24. The van der Waals surface area contributed by atoms with E-state index in [0.717, 1.165) is 24.1 Å². The fraction of sp³-hybridized carbons (Fsp3) is 0.500. The molecule has 2 unspecified atom stereocenters. The largest absolute Gasteiger partial charge is 0.346 e. The summed E-state index contributed by atoms with van der Waals surface area (Å²) in [6.45, 7) is 3.78. The van der Waals surface area contributed by atoms with Crippen LogP contribution in [0.1, 0.15) is 23.8 Å². The second kappa shape index (κ2) is 8.66. The first kappa shape index (κ1) is 22.1. The van der Waals surface area contributed by atoms with Crippen molar-refractivity contribution in [3.05, 3.63) is 38.7 Å². The van der Waals surface area contributed by atoms with Gasteiger partial charge in [-0.1, -0.05) is 6.92 Å². The van der Waals surface area contributed by atoms with Gasteiger partial charge in [0.2, 0.25) is 0 Å². The lowest BCUT2D eigenvalue weighted by molar-refractivity contribution is 0.0910. The highest BCUT2D eigenvalue weighted by Crippen LogP contribution is 2.12. The number of aryl methyl sites for hydroxylation is 1. The third-order valence-corrected chi connectivity index (χ3v) is 4.68. The summed E-state index contributed by atoms with van der Waals surface area (Å²) in [7, 11) is 2.95. The fourth-order valence-corrected chi connectivity index (χ4v) is 3.01. The Morgan fingerprint density at radius 1 is 1.23 bits per heavy atom. The molecule has 0 saturated carbocycles. The average molecular weight is 404 g/mol. The summed E-state index contributed by atoms with van der Waals surface area (Å²) < 4.78 is 2.30. The summed E-state index contributed by atoms with van der Waals surface area (Å²) in [4.78, 5) is 40.9. The lowest BCUT2D eigenvalue weighted by Gasteiger charge is -2.30. The number of piperidine rings is 1. The number of halogens is 2. The monoisotopic (exact) mass is 403 g/mol. The molecule has 3 rings (SSSR count). The van der Waals surface area contributed by atoms with Crippen LogP contribution in [0.5, 0.6) is 0 Å². The summed E-state index contributed by atoms with van der Waals surface area (Å²) >= 11 is 0. The van der Waals surface area contributed by atoms with Gasteiger partial charge in [-0.3, -0.25) is 18.7 Å². The molecule has 8 nitrogen and oxygen atoms in total.